The highest BCUT2D eigenvalue weighted by Crippen LogP contribution is 2.21. The molecule has 2 atom stereocenters. The fourth-order valence-electron chi connectivity index (χ4n) is 2.36. The smallest absolute Gasteiger partial charge is 0.0651 e. The predicted molar refractivity (Wildman–Crippen MR) is 63.1 cm³/mol. The van der Waals surface area contributed by atoms with Crippen molar-refractivity contribution in [3.8, 4) is 0 Å². The Kier molecular flexibility index (Phi) is 4.59. The van der Waals surface area contributed by atoms with Gasteiger partial charge in [0.1, 0.15) is 0 Å². The van der Waals surface area contributed by atoms with Gasteiger partial charge in [0, 0.05) is 18.3 Å². The first-order valence-electron chi connectivity index (χ1n) is 5.98. The molecule has 1 aliphatic rings. The van der Waals surface area contributed by atoms with Crippen molar-refractivity contribution >= 4 is 6.21 Å². The number of aliphatic imine (C=N–C) groups is 1. The Balaban J connectivity index is 2.59. The van der Waals surface area contributed by atoms with Crippen LogP contribution in [0.5, 0.6) is 0 Å². The third-order valence-electron chi connectivity index (χ3n) is 3.08. The zero-order valence-corrected chi connectivity index (χ0v) is 10.0. The molecule has 0 spiro atoms. The average molecular weight is 196 g/mol. The molecule has 82 valence electrons. The van der Waals surface area contributed by atoms with Gasteiger partial charge in [-0.25, -0.2) is 0 Å². The summed E-state index contributed by atoms with van der Waals surface area (Å²) in [5.41, 5.74) is 0. The highest BCUT2D eigenvalue weighted by Gasteiger charge is 2.29. The summed E-state index contributed by atoms with van der Waals surface area (Å²) in [6.07, 6.45) is 5.68. The first-order chi connectivity index (χ1) is 6.70. The van der Waals surface area contributed by atoms with E-state index in [1.54, 1.807) is 0 Å². The zero-order chi connectivity index (χ0) is 10.6. The van der Waals surface area contributed by atoms with Crippen molar-refractivity contribution < 1.29 is 0 Å². The molecule has 14 heavy (non-hydrogen) atoms. The van der Waals surface area contributed by atoms with Gasteiger partial charge in [0.25, 0.3) is 0 Å². The molecule has 0 bridgehead atoms. The molecule has 2 heteroatoms. The average Bonchev–Trinajstić information content (AvgIpc) is 2.61. The lowest BCUT2D eigenvalue weighted by Crippen LogP contribution is -2.45. The van der Waals surface area contributed by atoms with E-state index in [-0.39, 0.29) is 0 Å². The van der Waals surface area contributed by atoms with E-state index in [2.05, 4.69) is 43.8 Å². The summed E-state index contributed by atoms with van der Waals surface area (Å²) in [4.78, 5) is 7.17. The number of rotatable bonds is 5. The van der Waals surface area contributed by atoms with Crippen molar-refractivity contribution in [2.45, 2.75) is 65.1 Å². The molecule has 0 aromatic rings. The summed E-state index contributed by atoms with van der Waals surface area (Å²) >= 11 is 0. The molecule has 1 aliphatic heterocycles. The third-order valence-corrected chi connectivity index (χ3v) is 3.08. The van der Waals surface area contributed by atoms with Gasteiger partial charge in [0.15, 0.2) is 0 Å². The summed E-state index contributed by atoms with van der Waals surface area (Å²) in [7, 11) is 0. The molecule has 0 aromatic carbocycles. The monoisotopic (exact) mass is 196 g/mol. The molecule has 0 aromatic heterocycles. The molecule has 0 aliphatic carbocycles. The Labute approximate surface area is 88.4 Å². The van der Waals surface area contributed by atoms with E-state index < -0.39 is 0 Å². The Hall–Kier alpha value is -0.370. The van der Waals surface area contributed by atoms with Gasteiger partial charge in [-0.15, -0.1) is 0 Å². The molecule has 0 fully saturated rings. The van der Waals surface area contributed by atoms with Gasteiger partial charge >= 0.3 is 0 Å². The van der Waals surface area contributed by atoms with E-state index in [9.17, 15) is 0 Å². The molecular formula is C12H24N2. The summed E-state index contributed by atoms with van der Waals surface area (Å²) < 4.78 is 0. The maximum absolute atomic E-state index is 4.55. The lowest BCUT2D eigenvalue weighted by atomic mass is 10.0. The summed E-state index contributed by atoms with van der Waals surface area (Å²) in [5, 5.41) is 0. The Morgan fingerprint density at radius 3 is 2.64 bits per heavy atom. The molecule has 0 saturated carbocycles. The lowest BCUT2D eigenvalue weighted by Gasteiger charge is -2.34. The zero-order valence-electron chi connectivity index (χ0n) is 10.0. The van der Waals surface area contributed by atoms with Crippen LogP contribution in [-0.4, -0.2) is 35.8 Å². The van der Waals surface area contributed by atoms with E-state index in [1.165, 1.54) is 19.4 Å². The van der Waals surface area contributed by atoms with Crippen molar-refractivity contribution in [1.82, 2.24) is 4.90 Å². The fraction of sp³-hybridized carbons (Fsp3) is 0.917. The standard InChI is InChI=1S/C12H24N2/c1-5-9-14(10(3)4)12-7-8-13-11(12)6-2/h8,10-12H,5-7,9H2,1-4H3. The van der Waals surface area contributed by atoms with Crippen LogP contribution in [0.3, 0.4) is 0 Å². The van der Waals surface area contributed by atoms with Gasteiger partial charge in [0.05, 0.1) is 6.04 Å². The van der Waals surface area contributed by atoms with Gasteiger partial charge in [-0.1, -0.05) is 13.8 Å². The minimum Gasteiger partial charge on any atom is -0.296 e. The van der Waals surface area contributed by atoms with Crippen LogP contribution in [-0.2, 0) is 0 Å². The second-order valence-electron chi connectivity index (χ2n) is 4.44. The first-order valence-corrected chi connectivity index (χ1v) is 5.98. The van der Waals surface area contributed by atoms with E-state index in [1.807, 2.05) is 0 Å². The van der Waals surface area contributed by atoms with Crippen LogP contribution in [0.4, 0.5) is 0 Å². The van der Waals surface area contributed by atoms with Crippen LogP contribution in [0.25, 0.3) is 0 Å². The Bertz CT molecular complexity index is 187. The van der Waals surface area contributed by atoms with E-state index >= 15 is 0 Å². The topological polar surface area (TPSA) is 15.6 Å². The highest BCUT2D eigenvalue weighted by molar-refractivity contribution is 5.61. The fourth-order valence-corrected chi connectivity index (χ4v) is 2.36. The quantitative estimate of drug-likeness (QED) is 0.660. The number of hydrogen-bond acceptors (Lipinski definition) is 2. The minimum atomic E-state index is 0.545. The van der Waals surface area contributed by atoms with Crippen LogP contribution < -0.4 is 0 Å². The SMILES string of the molecule is CCCN(C(C)C)C1CC=NC1CC. The molecule has 1 heterocycles. The molecule has 0 amide bonds. The normalized spacial score (nSPS) is 26.7. The van der Waals surface area contributed by atoms with Crippen molar-refractivity contribution in [2.24, 2.45) is 4.99 Å². The molecule has 2 nitrogen and oxygen atoms in total. The van der Waals surface area contributed by atoms with Crippen molar-refractivity contribution in [3.05, 3.63) is 0 Å². The second-order valence-corrected chi connectivity index (χ2v) is 4.44. The Morgan fingerprint density at radius 1 is 1.43 bits per heavy atom. The molecule has 0 saturated heterocycles. The van der Waals surface area contributed by atoms with Gasteiger partial charge in [-0.05, 0) is 39.7 Å². The number of nitrogens with zero attached hydrogens (tertiary/aromatic N) is 2. The Morgan fingerprint density at radius 2 is 2.14 bits per heavy atom. The van der Waals surface area contributed by atoms with Crippen LogP contribution >= 0.6 is 0 Å². The van der Waals surface area contributed by atoms with Crippen LogP contribution in [0.15, 0.2) is 4.99 Å². The molecule has 1 rings (SSSR count). The van der Waals surface area contributed by atoms with Crippen LogP contribution in [0, 0.1) is 0 Å². The van der Waals surface area contributed by atoms with E-state index in [0.29, 0.717) is 18.1 Å². The van der Waals surface area contributed by atoms with Crippen molar-refractivity contribution in [3.63, 3.8) is 0 Å². The van der Waals surface area contributed by atoms with Crippen LogP contribution in [0.1, 0.15) is 47.0 Å². The van der Waals surface area contributed by atoms with Crippen molar-refractivity contribution in [2.75, 3.05) is 6.54 Å². The lowest BCUT2D eigenvalue weighted by molar-refractivity contribution is 0.142. The maximum atomic E-state index is 4.55. The van der Waals surface area contributed by atoms with Gasteiger partial charge < -0.3 is 0 Å². The predicted octanol–water partition coefficient (Wildman–Crippen LogP) is 2.73. The molecule has 0 radical (unpaired) electrons. The van der Waals surface area contributed by atoms with Gasteiger partial charge in [-0.3, -0.25) is 9.89 Å². The molecular weight excluding hydrogens is 172 g/mol. The summed E-state index contributed by atoms with van der Waals surface area (Å²) in [6.45, 7) is 10.3. The second kappa shape index (κ2) is 5.50. The molecule has 2 unspecified atom stereocenters. The minimum absolute atomic E-state index is 0.545. The van der Waals surface area contributed by atoms with Crippen LogP contribution in [0.2, 0.25) is 0 Å². The third kappa shape index (κ3) is 2.57. The maximum Gasteiger partial charge on any atom is 0.0651 e. The van der Waals surface area contributed by atoms with Gasteiger partial charge in [-0.2, -0.15) is 0 Å². The van der Waals surface area contributed by atoms with Gasteiger partial charge in [0.2, 0.25) is 0 Å². The summed E-state index contributed by atoms with van der Waals surface area (Å²) in [6, 6.07) is 1.86. The van der Waals surface area contributed by atoms with Crippen molar-refractivity contribution in [1.29, 1.82) is 0 Å². The summed E-state index contributed by atoms with van der Waals surface area (Å²) in [5.74, 6) is 0. The molecule has 0 N–H and O–H groups in total. The van der Waals surface area contributed by atoms with E-state index in [0.717, 1.165) is 6.42 Å². The number of hydrogen-bond donors (Lipinski definition) is 0. The largest absolute Gasteiger partial charge is 0.296 e. The highest BCUT2D eigenvalue weighted by atomic mass is 15.2. The first kappa shape index (κ1) is 11.7. The van der Waals surface area contributed by atoms with E-state index in [4.69, 9.17) is 0 Å².